The van der Waals surface area contributed by atoms with Crippen LogP contribution in [0.25, 0.3) is 0 Å². The van der Waals surface area contributed by atoms with Crippen molar-refractivity contribution in [3.63, 3.8) is 0 Å². The quantitative estimate of drug-likeness (QED) is 0.746. The SMILES string of the molecule is CCCNC(=O)CCC(=O)N1CCCC[C@@H]1C(=O)O. The van der Waals surface area contributed by atoms with Gasteiger partial charge in [0.25, 0.3) is 0 Å². The number of amides is 2. The van der Waals surface area contributed by atoms with Gasteiger partial charge in [0, 0.05) is 25.9 Å². The van der Waals surface area contributed by atoms with Crippen molar-refractivity contribution in [3.8, 4) is 0 Å². The van der Waals surface area contributed by atoms with Crippen molar-refractivity contribution < 1.29 is 19.5 Å². The Labute approximate surface area is 113 Å². The first-order valence-electron chi connectivity index (χ1n) is 6.85. The molecule has 2 N–H and O–H groups in total. The molecule has 0 unspecified atom stereocenters. The Balaban J connectivity index is 2.42. The number of nitrogens with one attached hydrogen (secondary N) is 1. The van der Waals surface area contributed by atoms with Crippen LogP contribution < -0.4 is 5.32 Å². The zero-order valence-corrected chi connectivity index (χ0v) is 11.4. The van der Waals surface area contributed by atoms with Crippen LogP contribution in [0.5, 0.6) is 0 Å². The van der Waals surface area contributed by atoms with E-state index in [1.54, 1.807) is 0 Å². The predicted octanol–water partition coefficient (Wildman–Crippen LogP) is 0.758. The lowest BCUT2D eigenvalue weighted by Crippen LogP contribution is -2.48. The summed E-state index contributed by atoms with van der Waals surface area (Å²) in [5.74, 6) is -1.35. The van der Waals surface area contributed by atoms with Crippen molar-refractivity contribution in [3.05, 3.63) is 0 Å². The fraction of sp³-hybridized carbons (Fsp3) is 0.769. The van der Waals surface area contributed by atoms with Crippen molar-refractivity contribution in [2.24, 2.45) is 0 Å². The molecule has 1 fully saturated rings. The van der Waals surface area contributed by atoms with Gasteiger partial charge in [-0.3, -0.25) is 9.59 Å². The van der Waals surface area contributed by atoms with E-state index >= 15 is 0 Å². The van der Waals surface area contributed by atoms with Crippen molar-refractivity contribution >= 4 is 17.8 Å². The van der Waals surface area contributed by atoms with E-state index in [1.807, 2.05) is 6.92 Å². The summed E-state index contributed by atoms with van der Waals surface area (Å²) in [4.78, 5) is 35.9. The molecule has 0 spiro atoms. The Morgan fingerprint density at radius 3 is 2.63 bits per heavy atom. The summed E-state index contributed by atoms with van der Waals surface area (Å²) in [5, 5.41) is 11.8. The second-order valence-electron chi connectivity index (χ2n) is 4.79. The monoisotopic (exact) mass is 270 g/mol. The normalized spacial score (nSPS) is 19.0. The molecule has 2 amide bonds. The van der Waals surface area contributed by atoms with Gasteiger partial charge in [0.2, 0.25) is 11.8 Å². The molecule has 1 aliphatic heterocycles. The van der Waals surface area contributed by atoms with Gasteiger partial charge in [-0.2, -0.15) is 0 Å². The molecule has 0 bridgehead atoms. The third kappa shape index (κ3) is 4.89. The molecule has 108 valence electrons. The number of carboxylic acids is 1. The lowest BCUT2D eigenvalue weighted by Gasteiger charge is -2.33. The first kappa shape index (κ1) is 15.5. The molecule has 1 aliphatic rings. The summed E-state index contributed by atoms with van der Waals surface area (Å²) in [5.41, 5.74) is 0. The molecule has 1 heterocycles. The highest BCUT2D eigenvalue weighted by atomic mass is 16.4. The van der Waals surface area contributed by atoms with E-state index in [9.17, 15) is 14.4 Å². The maximum absolute atomic E-state index is 12.0. The van der Waals surface area contributed by atoms with E-state index in [0.29, 0.717) is 19.5 Å². The molecule has 0 aromatic rings. The number of rotatable bonds is 6. The Hall–Kier alpha value is -1.59. The molecule has 0 aromatic heterocycles. The van der Waals surface area contributed by atoms with Crippen molar-refractivity contribution in [1.82, 2.24) is 10.2 Å². The number of hydrogen-bond donors (Lipinski definition) is 2. The molecule has 0 aromatic carbocycles. The molecule has 6 nitrogen and oxygen atoms in total. The molecular formula is C13H22N2O4. The van der Waals surface area contributed by atoms with E-state index in [0.717, 1.165) is 19.3 Å². The highest BCUT2D eigenvalue weighted by molar-refractivity contribution is 5.87. The smallest absolute Gasteiger partial charge is 0.326 e. The molecule has 1 rings (SSSR count). The van der Waals surface area contributed by atoms with E-state index in [1.165, 1.54) is 4.90 Å². The van der Waals surface area contributed by atoms with Crippen LogP contribution in [-0.2, 0) is 14.4 Å². The van der Waals surface area contributed by atoms with E-state index < -0.39 is 12.0 Å². The maximum Gasteiger partial charge on any atom is 0.326 e. The zero-order valence-electron chi connectivity index (χ0n) is 11.4. The number of aliphatic carboxylic acids is 1. The second kappa shape index (κ2) is 7.76. The van der Waals surface area contributed by atoms with E-state index in [-0.39, 0.29) is 24.7 Å². The molecule has 1 atom stereocenters. The fourth-order valence-electron chi connectivity index (χ4n) is 2.20. The van der Waals surface area contributed by atoms with Crippen molar-refractivity contribution in [1.29, 1.82) is 0 Å². The summed E-state index contributed by atoms with van der Waals surface area (Å²) in [6.07, 6.45) is 3.23. The minimum Gasteiger partial charge on any atom is -0.480 e. The molecular weight excluding hydrogens is 248 g/mol. The maximum atomic E-state index is 12.0. The summed E-state index contributed by atoms with van der Waals surface area (Å²) in [6, 6.07) is -0.722. The summed E-state index contributed by atoms with van der Waals surface area (Å²) >= 11 is 0. The van der Waals surface area contributed by atoms with Crippen LogP contribution in [0.3, 0.4) is 0 Å². The van der Waals surface area contributed by atoms with E-state index in [4.69, 9.17) is 5.11 Å². The van der Waals surface area contributed by atoms with Crippen LogP contribution in [0, 0.1) is 0 Å². The summed E-state index contributed by atoms with van der Waals surface area (Å²) < 4.78 is 0. The molecule has 0 saturated carbocycles. The average molecular weight is 270 g/mol. The van der Waals surface area contributed by atoms with Crippen LogP contribution in [-0.4, -0.2) is 46.9 Å². The fourth-order valence-corrected chi connectivity index (χ4v) is 2.20. The van der Waals surface area contributed by atoms with Crippen LogP contribution >= 0.6 is 0 Å². The predicted molar refractivity (Wildman–Crippen MR) is 69.5 cm³/mol. The minimum absolute atomic E-state index is 0.0827. The Morgan fingerprint density at radius 2 is 2.00 bits per heavy atom. The van der Waals surface area contributed by atoms with Gasteiger partial charge >= 0.3 is 5.97 Å². The number of piperidine rings is 1. The number of carbonyl (C=O) groups excluding carboxylic acids is 2. The lowest BCUT2D eigenvalue weighted by molar-refractivity contribution is -0.152. The van der Waals surface area contributed by atoms with Crippen LogP contribution in [0.15, 0.2) is 0 Å². The van der Waals surface area contributed by atoms with Crippen LogP contribution in [0.2, 0.25) is 0 Å². The van der Waals surface area contributed by atoms with Gasteiger partial charge in [-0.1, -0.05) is 6.92 Å². The lowest BCUT2D eigenvalue weighted by atomic mass is 10.0. The standard InChI is InChI=1S/C13H22N2O4/c1-2-8-14-11(16)6-7-12(17)15-9-4-3-5-10(15)13(18)19/h10H,2-9H2,1H3,(H,14,16)(H,18,19)/t10-/m1/s1. The number of carbonyl (C=O) groups is 3. The third-order valence-corrected chi connectivity index (χ3v) is 3.25. The largest absolute Gasteiger partial charge is 0.480 e. The summed E-state index contributed by atoms with van der Waals surface area (Å²) in [6.45, 7) is 3.04. The minimum atomic E-state index is -0.955. The first-order valence-corrected chi connectivity index (χ1v) is 6.85. The molecule has 0 radical (unpaired) electrons. The molecule has 19 heavy (non-hydrogen) atoms. The van der Waals surface area contributed by atoms with Gasteiger partial charge in [0.1, 0.15) is 6.04 Å². The Morgan fingerprint density at radius 1 is 1.26 bits per heavy atom. The highest BCUT2D eigenvalue weighted by Crippen LogP contribution is 2.18. The summed E-state index contributed by atoms with van der Waals surface area (Å²) in [7, 11) is 0. The first-order chi connectivity index (χ1) is 9.06. The van der Waals surface area contributed by atoms with Gasteiger partial charge in [0.05, 0.1) is 0 Å². The molecule has 1 saturated heterocycles. The number of nitrogens with zero attached hydrogens (tertiary/aromatic N) is 1. The average Bonchev–Trinajstić information content (AvgIpc) is 2.42. The van der Waals surface area contributed by atoms with Gasteiger partial charge in [0.15, 0.2) is 0 Å². The second-order valence-corrected chi connectivity index (χ2v) is 4.79. The molecule has 6 heteroatoms. The third-order valence-electron chi connectivity index (χ3n) is 3.25. The highest BCUT2D eigenvalue weighted by Gasteiger charge is 2.31. The van der Waals surface area contributed by atoms with Crippen LogP contribution in [0.1, 0.15) is 45.4 Å². The Kier molecular flexibility index (Phi) is 6.32. The number of hydrogen-bond acceptors (Lipinski definition) is 3. The molecule has 0 aliphatic carbocycles. The van der Waals surface area contributed by atoms with Gasteiger partial charge in [-0.05, 0) is 25.7 Å². The Bertz CT molecular complexity index is 344. The topological polar surface area (TPSA) is 86.7 Å². The number of likely N-dealkylation sites (tertiary alicyclic amines) is 1. The van der Waals surface area contributed by atoms with Crippen molar-refractivity contribution in [2.45, 2.75) is 51.5 Å². The zero-order chi connectivity index (χ0) is 14.3. The van der Waals surface area contributed by atoms with Gasteiger partial charge in [-0.15, -0.1) is 0 Å². The number of carboxylic acid groups (broad SMARTS) is 1. The van der Waals surface area contributed by atoms with Gasteiger partial charge < -0.3 is 15.3 Å². The van der Waals surface area contributed by atoms with Crippen LogP contribution in [0.4, 0.5) is 0 Å². The van der Waals surface area contributed by atoms with Gasteiger partial charge in [-0.25, -0.2) is 4.79 Å². The van der Waals surface area contributed by atoms with Crippen molar-refractivity contribution in [2.75, 3.05) is 13.1 Å². The van der Waals surface area contributed by atoms with E-state index in [2.05, 4.69) is 5.32 Å².